The molecule has 172 valence electrons. The van der Waals surface area contributed by atoms with Crippen molar-refractivity contribution >= 4 is 23.5 Å². The Balaban J connectivity index is 2.12. The molecule has 1 atom stereocenters. The van der Waals surface area contributed by atoms with Gasteiger partial charge in [0.25, 0.3) is 0 Å². The van der Waals surface area contributed by atoms with Crippen molar-refractivity contribution in [3.8, 4) is 17.9 Å². The fraction of sp³-hybridized carbons (Fsp3) is 0.435. The van der Waals surface area contributed by atoms with Gasteiger partial charge in [0.2, 0.25) is 5.91 Å². The largest absolute Gasteiger partial charge is 0.497 e. The summed E-state index contributed by atoms with van der Waals surface area (Å²) in [5.41, 5.74) is 7.48. The van der Waals surface area contributed by atoms with Crippen molar-refractivity contribution in [1.82, 2.24) is 14.9 Å². The fourth-order valence-corrected chi connectivity index (χ4v) is 4.84. The van der Waals surface area contributed by atoms with Gasteiger partial charge in [0.1, 0.15) is 34.0 Å². The number of carbonyl (C=O) groups is 1. The molecular weight excluding hydrogens is 438 g/mol. The number of hydrogen-bond donors (Lipinski definition) is 1. The van der Waals surface area contributed by atoms with Gasteiger partial charge < -0.3 is 20.3 Å². The third kappa shape index (κ3) is 5.36. The van der Waals surface area contributed by atoms with Gasteiger partial charge in [0.05, 0.1) is 23.9 Å². The van der Waals surface area contributed by atoms with Gasteiger partial charge in [-0.2, -0.15) is 10.5 Å². The number of hydrogen-bond acceptors (Lipinski definition) is 9. The van der Waals surface area contributed by atoms with Gasteiger partial charge in [0.15, 0.2) is 0 Å². The number of rotatable bonds is 7. The van der Waals surface area contributed by atoms with Crippen LogP contribution in [0.25, 0.3) is 0 Å². The van der Waals surface area contributed by atoms with Crippen molar-refractivity contribution in [1.29, 1.82) is 10.5 Å². The second-order valence-corrected chi connectivity index (χ2v) is 8.80. The number of primary amides is 1. The molecular formula is C23H27N7O2S. The molecule has 0 spiro atoms. The predicted molar refractivity (Wildman–Crippen MR) is 126 cm³/mol. The SMILES string of the molecule is CCc1c(C#N)c(SC(C(N)=O)c2cc(OC)ccn2)nc(N2CCCN(C)CC2)c1C#N. The first kappa shape index (κ1) is 24.3. The van der Waals surface area contributed by atoms with E-state index >= 15 is 0 Å². The molecule has 9 nitrogen and oxygen atoms in total. The van der Waals surface area contributed by atoms with Crippen LogP contribution < -0.4 is 15.4 Å². The summed E-state index contributed by atoms with van der Waals surface area (Å²) in [6.45, 7) is 5.17. The highest BCUT2D eigenvalue weighted by atomic mass is 32.2. The number of nitriles is 2. The van der Waals surface area contributed by atoms with E-state index in [0.717, 1.165) is 37.8 Å². The zero-order valence-electron chi connectivity index (χ0n) is 19.0. The standard InChI is InChI=1S/C23H27N7O2S/c1-4-16-17(13-24)22(30-9-5-8-29(2)10-11-30)28-23(18(16)14-25)33-20(21(26)31)19-12-15(32-3)6-7-27-19/h6-7,12,20H,4-5,8-11H2,1-3H3,(H2,26,31). The van der Waals surface area contributed by atoms with Gasteiger partial charge >= 0.3 is 0 Å². The van der Waals surface area contributed by atoms with Crippen LogP contribution in [0.2, 0.25) is 0 Å². The van der Waals surface area contributed by atoms with Crippen molar-refractivity contribution < 1.29 is 9.53 Å². The Bertz CT molecular complexity index is 1110. The number of methoxy groups -OCH3 is 1. The van der Waals surface area contributed by atoms with E-state index in [-0.39, 0.29) is 0 Å². The summed E-state index contributed by atoms with van der Waals surface area (Å²) in [6.07, 6.45) is 2.96. The third-order valence-corrected chi connectivity index (χ3v) is 6.82. The van der Waals surface area contributed by atoms with E-state index in [0.29, 0.717) is 51.9 Å². The molecule has 0 radical (unpaired) electrons. The third-order valence-electron chi connectivity index (χ3n) is 5.59. The van der Waals surface area contributed by atoms with Crippen molar-refractivity contribution in [2.75, 3.05) is 45.2 Å². The highest BCUT2D eigenvalue weighted by Gasteiger charge is 2.28. The average Bonchev–Trinajstić information content (AvgIpc) is 3.05. The molecule has 0 bridgehead atoms. The van der Waals surface area contributed by atoms with E-state index in [1.807, 2.05) is 6.92 Å². The zero-order chi connectivity index (χ0) is 24.0. The van der Waals surface area contributed by atoms with E-state index in [9.17, 15) is 15.3 Å². The summed E-state index contributed by atoms with van der Waals surface area (Å²) < 4.78 is 5.25. The predicted octanol–water partition coefficient (Wildman–Crippen LogP) is 2.25. The van der Waals surface area contributed by atoms with E-state index in [1.54, 1.807) is 18.3 Å². The van der Waals surface area contributed by atoms with E-state index in [2.05, 4.69) is 34.0 Å². The van der Waals surface area contributed by atoms with Crippen molar-refractivity contribution in [2.24, 2.45) is 5.73 Å². The number of likely N-dealkylation sites (N-methyl/N-ethyl adjacent to an activating group) is 1. The molecule has 1 amide bonds. The lowest BCUT2D eigenvalue weighted by Gasteiger charge is -2.25. The number of pyridine rings is 2. The van der Waals surface area contributed by atoms with E-state index in [1.165, 1.54) is 7.11 Å². The highest BCUT2D eigenvalue weighted by molar-refractivity contribution is 8.00. The van der Waals surface area contributed by atoms with Crippen molar-refractivity contribution in [2.45, 2.75) is 30.0 Å². The van der Waals surface area contributed by atoms with Gasteiger partial charge in [0, 0.05) is 31.9 Å². The zero-order valence-corrected chi connectivity index (χ0v) is 19.9. The number of anilines is 1. The summed E-state index contributed by atoms with van der Waals surface area (Å²) >= 11 is 1.08. The summed E-state index contributed by atoms with van der Waals surface area (Å²) in [6, 6.07) is 7.79. The Morgan fingerprint density at radius 1 is 1.27 bits per heavy atom. The first-order valence-corrected chi connectivity index (χ1v) is 11.6. The van der Waals surface area contributed by atoms with Crippen LogP contribution in [0.1, 0.15) is 41.0 Å². The minimum Gasteiger partial charge on any atom is -0.497 e. The van der Waals surface area contributed by atoms with Crippen LogP contribution in [0.5, 0.6) is 5.75 Å². The molecule has 1 fully saturated rings. The summed E-state index contributed by atoms with van der Waals surface area (Å²) in [5.74, 6) is 0.489. The van der Waals surface area contributed by atoms with E-state index in [4.69, 9.17) is 15.5 Å². The summed E-state index contributed by atoms with van der Waals surface area (Å²) in [7, 11) is 3.60. The topological polar surface area (TPSA) is 132 Å². The quantitative estimate of drug-likeness (QED) is 0.611. The van der Waals surface area contributed by atoms with Gasteiger partial charge in [-0.3, -0.25) is 9.78 Å². The van der Waals surface area contributed by atoms with Crippen LogP contribution in [-0.2, 0) is 11.2 Å². The van der Waals surface area contributed by atoms with Crippen LogP contribution in [0.15, 0.2) is 23.4 Å². The first-order chi connectivity index (χ1) is 15.9. The second kappa shape index (κ2) is 11.0. The molecule has 0 saturated carbocycles. The average molecular weight is 466 g/mol. The molecule has 1 aliphatic heterocycles. The summed E-state index contributed by atoms with van der Waals surface area (Å²) in [4.78, 5) is 25.8. The lowest BCUT2D eigenvalue weighted by molar-refractivity contribution is -0.117. The Morgan fingerprint density at radius 3 is 2.67 bits per heavy atom. The Kier molecular flexibility index (Phi) is 8.10. The number of thioether (sulfide) groups is 1. The van der Waals surface area contributed by atoms with Crippen LogP contribution in [0, 0.1) is 22.7 Å². The maximum absolute atomic E-state index is 12.4. The van der Waals surface area contributed by atoms with E-state index < -0.39 is 11.2 Å². The maximum Gasteiger partial charge on any atom is 0.237 e. The van der Waals surface area contributed by atoms with Gasteiger partial charge in [-0.15, -0.1) is 0 Å². The van der Waals surface area contributed by atoms with Crippen LogP contribution >= 0.6 is 11.8 Å². The highest BCUT2D eigenvalue weighted by Crippen LogP contribution is 2.39. The molecule has 10 heteroatoms. The molecule has 33 heavy (non-hydrogen) atoms. The molecule has 3 rings (SSSR count). The Labute approximate surface area is 198 Å². The number of ether oxygens (including phenoxy) is 1. The molecule has 1 unspecified atom stereocenters. The second-order valence-electron chi connectivity index (χ2n) is 7.71. The summed E-state index contributed by atoms with van der Waals surface area (Å²) in [5, 5.41) is 19.4. The van der Waals surface area contributed by atoms with Gasteiger partial charge in [-0.25, -0.2) is 4.98 Å². The molecule has 1 saturated heterocycles. The monoisotopic (exact) mass is 465 g/mol. The van der Waals surface area contributed by atoms with Gasteiger partial charge in [-0.1, -0.05) is 18.7 Å². The fourth-order valence-electron chi connectivity index (χ4n) is 3.83. The van der Waals surface area contributed by atoms with Crippen molar-refractivity contribution in [3.63, 3.8) is 0 Å². The molecule has 3 heterocycles. The molecule has 2 aromatic heterocycles. The van der Waals surface area contributed by atoms with Crippen LogP contribution in [0.4, 0.5) is 5.82 Å². The van der Waals surface area contributed by atoms with Crippen LogP contribution in [-0.4, -0.2) is 61.1 Å². The smallest absolute Gasteiger partial charge is 0.237 e. The van der Waals surface area contributed by atoms with Crippen molar-refractivity contribution in [3.05, 3.63) is 40.7 Å². The Hall–Kier alpha value is -3.34. The number of nitrogens with zero attached hydrogens (tertiary/aromatic N) is 6. The molecule has 0 aromatic carbocycles. The minimum atomic E-state index is -0.875. The Morgan fingerprint density at radius 2 is 2.03 bits per heavy atom. The lowest BCUT2D eigenvalue weighted by Crippen LogP contribution is -2.30. The maximum atomic E-state index is 12.4. The molecule has 2 N–H and O–H groups in total. The normalized spacial score (nSPS) is 15.2. The number of aromatic nitrogens is 2. The minimum absolute atomic E-state index is 0.295. The molecule has 1 aliphatic rings. The van der Waals surface area contributed by atoms with Gasteiger partial charge in [-0.05, 0) is 38.1 Å². The van der Waals surface area contributed by atoms with Crippen LogP contribution in [0.3, 0.4) is 0 Å². The number of carbonyl (C=O) groups excluding carboxylic acids is 1. The lowest BCUT2D eigenvalue weighted by atomic mass is 10.0. The molecule has 0 aliphatic carbocycles. The first-order valence-electron chi connectivity index (χ1n) is 10.7. The number of nitrogens with two attached hydrogens (primary N) is 1. The number of amides is 1. The molecule has 2 aromatic rings.